The minimum absolute atomic E-state index is 0.237. The predicted molar refractivity (Wildman–Crippen MR) is 104 cm³/mol. The minimum Gasteiger partial charge on any atom is -0.441 e. The Morgan fingerprint density at radius 3 is 2.69 bits per heavy atom. The lowest BCUT2D eigenvalue weighted by atomic mass is 10.2. The summed E-state index contributed by atoms with van der Waals surface area (Å²) >= 11 is 12.1. The summed E-state index contributed by atoms with van der Waals surface area (Å²) in [4.78, 5) is 16.5. The summed E-state index contributed by atoms with van der Waals surface area (Å²) in [6.07, 6.45) is 0. The van der Waals surface area contributed by atoms with Gasteiger partial charge in [-0.3, -0.25) is 0 Å². The highest BCUT2D eigenvalue weighted by Crippen LogP contribution is 2.24. The van der Waals surface area contributed by atoms with Crippen LogP contribution < -0.4 is 10.6 Å². The van der Waals surface area contributed by atoms with Gasteiger partial charge in [0, 0.05) is 21.3 Å². The lowest BCUT2D eigenvalue weighted by molar-refractivity contribution is 0.251. The van der Waals surface area contributed by atoms with E-state index in [4.69, 9.17) is 27.6 Å². The zero-order chi connectivity index (χ0) is 18.7. The van der Waals surface area contributed by atoms with E-state index in [2.05, 4.69) is 15.6 Å². The summed E-state index contributed by atoms with van der Waals surface area (Å²) in [6.45, 7) is 3.94. The standard InChI is InChI=1S/C19H17Cl2N3O2/c1-11-6-7-15(9-16(11)21)23-19(25)22-10-17-12(2)26-18(24-17)13-4-3-5-14(20)8-13/h3-9H,10H2,1-2H3,(H2,22,23,25). The van der Waals surface area contributed by atoms with Crippen molar-refractivity contribution < 1.29 is 9.21 Å². The van der Waals surface area contributed by atoms with Gasteiger partial charge in [0.1, 0.15) is 11.5 Å². The topological polar surface area (TPSA) is 67.2 Å². The Kier molecular flexibility index (Phi) is 5.49. The molecule has 0 aliphatic rings. The Morgan fingerprint density at radius 2 is 1.96 bits per heavy atom. The minimum atomic E-state index is -0.350. The highest BCUT2D eigenvalue weighted by Gasteiger charge is 2.13. The first-order valence-electron chi connectivity index (χ1n) is 7.95. The molecule has 0 atom stereocenters. The smallest absolute Gasteiger partial charge is 0.319 e. The number of rotatable bonds is 4. The van der Waals surface area contributed by atoms with E-state index in [-0.39, 0.29) is 12.6 Å². The van der Waals surface area contributed by atoms with Crippen LogP contribution in [0.5, 0.6) is 0 Å². The SMILES string of the molecule is Cc1ccc(NC(=O)NCc2nc(-c3cccc(Cl)c3)oc2C)cc1Cl. The molecule has 0 saturated carbocycles. The number of anilines is 1. The lowest BCUT2D eigenvalue weighted by Crippen LogP contribution is -2.28. The largest absolute Gasteiger partial charge is 0.441 e. The van der Waals surface area contributed by atoms with Crippen LogP contribution in [-0.4, -0.2) is 11.0 Å². The number of hydrogen-bond donors (Lipinski definition) is 2. The van der Waals surface area contributed by atoms with Crippen LogP contribution in [0.4, 0.5) is 10.5 Å². The molecule has 0 unspecified atom stereocenters. The van der Waals surface area contributed by atoms with Gasteiger partial charge in [-0.15, -0.1) is 0 Å². The molecule has 2 amide bonds. The second-order valence-corrected chi connectivity index (χ2v) is 6.65. The van der Waals surface area contributed by atoms with Crippen molar-refractivity contribution in [1.82, 2.24) is 10.3 Å². The molecule has 0 aliphatic heterocycles. The van der Waals surface area contributed by atoms with E-state index >= 15 is 0 Å². The van der Waals surface area contributed by atoms with Gasteiger partial charge in [0.15, 0.2) is 0 Å². The molecular formula is C19H17Cl2N3O2. The number of nitrogens with zero attached hydrogens (tertiary/aromatic N) is 1. The van der Waals surface area contributed by atoms with Gasteiger partial charge in [0.2, 0.25) is 5.89 Å². The van der Waals surface area contributed by atoms with Crippen LogP contribution in [0, 0.1) is 13.8 Å². The molecule has 2 aromatic carbocycles. The molecule has 0 spiro atoms. The Morgan fingerprint density at radius 1 is 1.15 bits per heavy atom. The van der Waals surface area contributed by atoms with Gasteiger partial charge >= 0.3 is 6.03 Å². The van der Waals surface area contributed by atoms with Crippen LogP contribution in [-0.2, 0) is 6.54 Å². The Balaban J connectivity index is 1.64. The second-order valence-electron chi connectivity index (χ2n) is 5.80. The van der Waals surface area contributed by atoms with Crippen molar-refractivity contribution in [1.29, 1.82) is 0 Å². The van der Waals surface area contributed by atoms with Crippen LogP contribution in [0.2, 0.25) is 10.0 Å². The van der Waals surface area contributed by atoms with Gasteiger partial charge in [-0.25, -0.2) is 9.78 Å². The third kappa shape index (κ3) is 4.36. The molecule has 3 rings (SSSR count). The Bertz CT molecular complexity index is 954. The van der Waals surface area contributed by atoms with E-state index in [0.717, 1.165) is 11.1 Å². The van der Waals surface area contributed by atoms with Crippen molar-refractivity contribution in [3.63, 3.8) is 0 Å². The van der Waals surface area contributed by atoms with Crippen molar-refractivity contribution >= 4 is 34.9 Å². The molecule has 2 N–H and O–H groups in total. The van der Waals surface area contributed by atoms with Crippen molar-refractivity contribution in [3.05, 3.63) is 69.5 Å². The molecule has 0 radical (unpaired) electrons. The maximum atomic E-state index is 12.1. The molecule has 0 saturated heterocycles. The Labute approximate surface area is 161 Å². The molecule has 134 valence electrons. The zero-order valence-electron chi connectivity index (χ0n) is 14.3. The van der Waals surface area contributed by atoms with E-state index in [0.29, 0.717) is 33.1 Å². The summed E-state index contributed by atoms with van der Waals surface area (Å²) in [7, 11) is 0. The maximum absolute atomic E-state index is 12.1. The first-order valence-corrected chi connectivity index (χ1v) is 8.71. The van der Waals surface area contributed by atoms with Gasteiger partial charge in [0.25, 0.3) is 0 Å². The number of benzene rings is 2. The van der Waals surface area contributed by atoms with Crippen LogP contribution >= 0.6 is 23.2 Å². The van der Waals surface area contributed by atoms with Gasteiger partial charge in [-0.2, -0.15) is 0 Å². The number of aromatic nitrogens is 1. The number of urea groups is 1. The molecule has 0 bridgehead atoms. The highest BCUT2D eigenvalue weighted by molar-refractivity contribution is 6.31. The van der Waals surface area contributed by atoms with E-state index in [9.17, 15) is 4.79 Å². The Hall–Kier alpha value is -2.50. The van der Waals surface area contributed by atoms with Crippen LogP contribution in [0.15, 0.2) is 46.9 Å². The first-order chi connectivity index (χ1) is 12.4. The van der Waals surface area contributed by atoms with Crippen molar-refractivity contribution in [2.24, 2.45) is 0 Å². The highest BCUT2D eigenvalue weighted by atomic mass is 35.5. The molecular weight excluding hydrogens is 373 g/mol. The van der Waals surface area contributed by atoms with Gasteiger partial charge in [-0.1, -0.05) is 35.3 Å². The average Bonchev–Trinajstić information content (AvgIpc) is 2.97. The normalized spacial score (nSPS) is 10.6. The van der Waals surface area contributed by atoms with Crippen LogP contribution in [0.1, 0.15) is 17.0 Å². The van der Waals surface area contributed by atoms with Gasteiger partial charge in [-0.05, 0) is 49.7 Å². The molecule has 0 aliphatic carbocycles. The quantitative estimate of drug-likeness (QED) is 0.611. The molecule has 1 heterocycles. The summed E-state index contributed by atoms with van der Waals surface area (Å²) < 4.78 is 5.68. The predicted octanol–water partition coefficient (Wildman–Crippen LogP) is 5.59. The van der Waals surface area contributed by atoms with Gasteiger partial charge < -0.3 is 15.1 Å². The van der Waals surface area contributed by atoms with Crippen LogP contribution in [0.3, 0.4) is 0 Å². The lowest BCUT2D eigenvalue weighted by Gasteiger charge is -2.08. The van der Waals surface area contributed by atoms with E-state index < -0.39 is 0 Å². The number of hydrogen-bond acceptors (Lipinski definition) is 3. The molecule has 7 heteroatoms. The fraction of sp³-hybridized carbons (Fsp3) is 0.158. The van der Waals surface area contributed by atoms with E-state index in [1.807, 2.05) is 25.1 Å². The second kappa shape index (κ2) is 7.81. The van der Waals surface area contributed by atoms with Crippen molar-refractivity contribution in [3.8, 4) is 11.5 Å². The molecule has 5 nitrogen and oxygen atoms in total. The van der Waals surface area contributed by atoms with Crippen molar-refractivity contribution in [2.45, 2.75) is 20.4 Å². The summed E-state index contributed by atoms with van der Waals surface area (Å²) in [5, 5.41) is 6.70. The first kappa shape index (κ1) is 18.3. The van der Waals surface area contributed by atoms with E-state index in [1.165, 1.54) is 0 Å². The van der Waals surface area contributed by atoms with Crippen LogP contribution in [0.25, 0.3) is 11.5 Å². The average molecular weight is 390 g/mol. The molecule has 26 heavy (non-hydrogen) atoms. The maximum Gasteiger partial charge on any atom is 0.319 e. The molecule has 3 aromatic rings. The summed E-state index contributed by atoms with van der Waals surface area (Å²) in [5.41, 5.74) is 3.00. The monoisotopic (exact) mass is 389 g/mol. The fourth-order valence-corrected chi connectivity index (χ4v) is 2.72. The van der Waals surface area contributed by atoms with E-state index in [1.54, 1.807) is 31.2 Å². The third-order valence-corrected chi connectivity index (χ3v) is 4.45. The fourth-order valence-electron chi connectivity index (χ4n) is 2.35. The zero-order valence-corrected chi connectivity index (χ0v) is 15.8. The summed E-state index contributed by atoms with van der Waals surface area (Å²) in [6, 6.07) is 12.2. The van der Waals surface area contributed by atoms with Gasteiger partial charge in [0.05, 0.1) is 6.54 Å². The number of nitrogens with one attached hydrogen (secondary N) is 2. The number of halogens is 2. The molecule has 1 aromatic heterocycles. The number of carbonyl (C=O) groups is 1. The number of carbonyl (C=O) groups excluding carboxylic acids is 1. The number of oxazole rings is 1. The third-order valence-electron chi connectivity index (χ3n) is 3.81. The number of aryl methyl sites for hydroxylation is 2. The molecule has 0 fully saturated rings. The summed E-state index contributed by atoms with van der Waals surface area (Å²) in [5.74, 6) is 1.10. The number of amides is 2. The van der Waals surface area contributed by atoms with Crippen molar-refractivity contribution in [2.75, 3.05) is 5.32 Å².